The Morgan fingerprint density at radius 2 is 1.54 bits per heavy atom. The number of hydrogen-bond donors (Lipinski definition) is 0. The Morgan fingerprint density at radius 1 is 0.914 bits per heavy atom. The van der Waals surface area contributed by atoms with Crippen molar-refractivity contribution < 1.29 is 23.8 Å². The van der Waals surface area contributed by atoms with E-state index in [1.807, 2.05) is 68.6 Å². The average molecular weight is 471 g/mol. The molecule has 178 valence electrons. The quantitative estimate of drug-likeness (QED) is 0.368. The van der Waals surface area contributed by atoms with Crippen LogP contribution in [0.25, 0.3) is 10.9 Å². The lowest BCUT2D eigenvalue weighted by Gasteiger charge is -2.19. The molecule has 3 aromatic carbocycles. The average Bonchev–Trinajstić information content (AvgIpc) is 3.47. The second kappa shape index (κ2) is 9.72. The van der Waals surface area contributed by atoms with Gasteiger partial charge in [0, 0.05) is 18.0 Å². The highest BCUT2D eigenvalue weighted by Gasteiger charge is 2.40. The molecule has 0 bridgehead atoms. The molecule has 3 atom stereocenters. The molecule has 1 aliphatic rings. The first-order valence-electron chi connectivity index (χ1n) is 11.6. The third kappa shape index (κ3) is 5.10. The molecule has 0 spiro atoms. The maximum Gasteiger partial charge on any atom is 0.338 e. The van der Waals surface area contributed by atoms with E-state index in [0.717, 1.165) is 22.0 Å². The van der Waals surface area contributed by atoms with Gasteiger partial charge in [0.05, 0.1) is 16.6 Å². The van der Waals surface area contributed by atoms with Crippen molar-refractivity contribution in [2.75, 3.05) is 6.61 Å². The highest BCUT2D eigenvalue weighted by Crippen LogP contribution is 2.32. The van der Waals surface area contributed by atoms with Gasteiger partial charge in [0.2, 0.25) is 0 Å². The van der Waals surface area contributed by atoms with Crippen LogP contribution in [0.4, 0.5) is 0 Å². The second-order valence-corrected chi connectivity index (χ2v) is 8.81. The van der Waals surface area contributed by atoms with Crippen molar-refractivity contribution >= 4 is 22.8 Å². The van der Waals surface area contributed by atoms with Gasteiger partial charge in [-0.15, -0.1) is 0 Å². The van der Waals surface area contributed by atoms with Gasteiger partial charge in [-0.1, -0.05) is 53.6 Å². The van der Waals surface area contributed by atoms with Gasteiger partial charge in [-0.05, 0) is 44.2 Å². The monoisotopic (exact) mass is 470 g/mol. The Bertz CT molecular complexity index is 1310. The third-order valence-electron chi connectivity index (χ3n) is 6.12. The van der Waals surface area contributed by atoms with Gasteiger partial charge in [0.15, 0.2) is 6.23 Å². The number of nitrogens with zero attached hydrogens (tertiary/aromatic N) is 2. The van der Waals surface area contributed by atoms with Crippen LogP contribution in [-0.4, -0.2) is 40.5 Å². The molecule has 1 saturated heterocycles. The number of benzene rings is 3. The fraction of sp³-hybridized carbons (Fsp3) is 0.250. The van der Waals surface area contributed by atoms with Gasteiger partial charge < -0.3 is 14.2 Å². The fourth-order valence-corrected chi connectivity index (χ4v) is 4.09. The minimum Gasteiger partial charge on any atom is -0.459 e. The molecule has 4 aromatic rings. The molecule has 0 amide bonds. The van der Waals surface area contributed by atoms with Gasteiger partial charge in [-0.25, -0.2) is 14.3 Å². The zero-order chi connectivity index (χ0) is 24.4. The standard InChI is InChI=1S/C28H26N2O5/c1-18-7-11-20(12-8-18)27(31)33-17-25-24(35-28(32)21-13-9-19(2)10-14-21)15-26(34-25)30-16-22-5-3-4-6-23(22)29-30/h3-14,16,24-26H,15,17H2,1-2H3/t24-,25+,26+/m0/s1. The molecule has 1 fully saturated rings. The highest BCUT2D eigenvalue weighted by atomic mass is 16.6. The Hall–Kier alpha value is -3.97. The van der Waals surface area contributed by atoms with Crippen molar-refractivity contribution in [2.24, 2.45) is 0 Å². The molecule has 7 heteroatoms. The maximum atomic E-state index is 12.8. The lowest BCUT2D eigenvalue weighted by Crippen LogP contribution is -2.32. The summed E-state index contributed by atoms with van der Waals surface area (Å²) in [6.45, 7) is 3.86. The Kier molecular flexibility index (Phi) is 6.33. The number of rotatable bonds is 6. The molecular formula is C28H26N2O5. The van der Waals surface area contributed by atoms with Crippen LogP contribution in [0.3, 0.4) is 0 Å². The highest BCUT2D eigenvalue weighted by molar-refractivity contribution is 5.90. The van der Waals surface area contributed by atoms with E-state index in [4.69, 9.17) is 14.2 Å². The molecule has 0 unspecified atom stereocenters. The summed E-state index contributed by atoms with van der Waals surface area (Å²) in [4.78, 5) is 25.4. The summed E-state index contributed by atoms with van der Waals surface area (Å²) >= 11 is 0. The van der Waals surface area contributed by atoms with Crippen molar-refractivity contribution in [3.05, 3.63) is 101 Å². The number of ether oxygens (including phenoxy) is 3. The van der Waals surface area contributed by atoms with Crippen molar-refractivity contribution in [3.8, 4) is 0 Å². The molecule has 0 N–H and O–H groups in total. The van der Waals surface area contributed by atoms with Crippen molar-refractivity contribution in [1.29, 1.82) is 0 Å². The van der Waals surface area contributed by atoms with Gasteiger partial charge in [-0.3, -0.25) is 0 Å². The van der Waals surface area contributed by atoms with E-state index in [9.17, 15) is 9.59 Å². The van der Waals surface area contributed by atoms with Crippen LogP contribution in [0.15, 0.2) is 79.0 Å². The number of esters is 2. The van der Waals surface area contributed by atoms with Crippen LogP contribution >= 0.6 is 0 Å². The van der Waals surface area contributed by atoms with Crippen LogP contribution in [0.2, 0.25) is 0 Å². The summed E-state index contributed by atoms with van der Waals surface area (Å²) in [6.07, 6.45) is 0.599. The molecule has 1 aliphatic heterocycles. The maximum absolute atomic E-state index is 12.8. The summed E-state index contributed by atoms with van der Waals surface area (Å²) in [5, 5.41) is 5.59. The molecule has 7 nitrogen and oxygen atoms in total. The van der Waals surface area contributed by atoms with Crippen molar-refractivity contribution in [1.82, 2.24) is 9.78 Å². The number of fused-ring (bicyclic) bond motifs is 1. The van der Waals surface area contributed by atoms with E-state index in [0.29, 0.717) is 17.5 Å². The smallest absolute Gasteiger partial charge is 0.338 e. The van der Waals surface area contributed by atoms with E-state index >= 15 is 0 Å². The van der Waals surface area contributed by atoms with Gasteiger partial charge in [-0.2, -0.15) is 5.10 Å². The molecule has 2 heterocycles. The predicted octanol–water partition coefficient (Wildman–Crippen LogP) is 5.02. The van der Waals surface area contributed by atoms with E-state index < -0.39 is 30.4 Å². The number of aryl methyl sites for hydroxylation is 2. The summed E-state index contributed by atoms with van der Waals surface area (Å²) < 4.78 is 19.3. The second-order valence-electron chi connectivity index (χ2n) is 8.81. The third-order valence-corrected chi connectivity index (χ3v) is 6.12. The van der Waals surface area contributed by atoms with Crippen LogP contribution in [-0.2, 0) is 14.2 Å². The zero-order valence-corrected chi connectivity index (χ0v) is 19.6. The minimum absolute atomic E-state index is 0.0458. The van der Waals surface area contributed by atoms with Crippen molar-refractivity contribution in [2.45, 2.75) is 38.7 Å². The van der Waals surface area contributed by atoms with Gasteiger partial charge >= 0.3 is 11.9 Å². The summed E-state index contributed by atoms with van der Waals surface area (Å²) in [5.41, 5.74) is 3.87. The predicted molar refractivity (Wildman–Crippen MR) is 130 cm³/mol. The van der Waals surface area contributed by atoms with Crippen molar-refractivity contribution in [3.63, 3.8) is 0 Å². The van der Waals surface area contributed by atoms with Crippen LogP contribution in [0, 0.1) is 13.8 Å². The Morgan fingerprint density at radius 3 is 2.20 bits per heavy atom. The van der Waals surface area contributed by atoms with E-state index in [1.165, 1.54) is 0 Å². The summed E-state index contributed by atoms with van der Waals surface area (Å²) in [6, 6.07) is 22.1. The summed E-state index contributed by atoms with van der Waals surface area (Å²) in [5.74, 6) is -0.898. The number of carbonyl (C=O) groups excluding carboxylic acids is 2. The van der Waals surface area contributed by atoms with Crippen LogP contribution < -0.4 is 0 Å². The van der Waals surface area contributed by atoms with E-state index in [1.54, 1.807) is 28.9 Å². The first-order chi connectivity index (χ1) is 17.0. The SMILES string of the molecule is Cc1ccc(C(=O)OC[C@H]2O[C@@H](n3cc4ccccc4n3)C[C@@H]2OC(=O)c2ccc(C)cc2)cc1. The molecule has 0 aliphatic carbocycles. The largest absolute Gasteiger partial charge is 0.459 e. The Labute approximate surface area is 203 Å². The van der Waals surface area contributed by atoms with Crippen LogP contribution in [0.1, 0.15) is 44.5 Å². The van der Waals surface area contributed by atoms with E-state index in [2.05, 4.69) is 5.10 Å². The molecule has 5 rings (SSSR count). The topological polar surface area (TPSA) is 79.7 Å². The van der Waals surface area contributed by atoms with Gasteiger partial charge in [0.25, 0.3) is 0 Å². The van der Waals surface area contributed by atoms with Gasteiger partial charge in [0.1, 0.15) is 18.8 Å². The molecule has 1 aromatic heterocycles. The lowest BCUT2D eigenvalue weighted by molar-refractivity contribution is -0.0598. The molecule has 35 heavy (non-hydrogen) atoms. The fourth-order valence-electron chi connectivity index (χ4n) is 4.09. The zero-order valence-electron chi connectivity index (χ0n) is 19.6. The molecular weight excluding hydrogens is 444 g/mol. The van der Waals surface area contributed by atoms with Crippen LogP contribution in [0.5, 0.6) is 0 Å². The first-order valence-corrected chi connectivity index (χ1v) is 11.6. The molecule has 0 radical (unpaired) electrons. The number of carbonyl (C=O) groups is 2. The molecule has 0 saturated carbocycles. The first kappa shape index (κ1) is 22.8. The minimum atomic E-state index is -0.629. The Balaban J connectivity index is 1.33. The lowest BCUT2D eigenvalue weighted by atomic mass is 10.1. The number of hydrogen-bond acceptors (Lipinski definition) is 6. The summed E-state index contributed by atoms with van der Waals surface area (Å²) in [7, 11) is 0. The normalized spacial score (nSPS) is 19.5. The van der Waals surface area contributed by atoms with E-state index in [-0.39, 0.29) is 6.61 Å². The number of aromatic nitrogens is 2.